The van der Waals surface area contributed by atoms with E-state index >= 15 is 0 Å². The van der Waals surface area contributed by atoms with Crippen LogP contribution in [-0.2, 0) is 11.3 Å². The topological polar surface area (TPSA) is 51.4 Å². The average Bonchev–Trinajstić information content (AvgIpc) is 3.02. The fourth-order valence-electron chi connectivity index (χ4n) is 3.46. The third-order valence-electron chi connectivity index (χ3n) is 4.59. The highest BCUT2D eigenvalue weighted by Gasteiger charge is 2.38. The summed E-state index contributed by atoms with van der Waals surface area (Å²) in [6, 6.07) is 0.553. The maximum absolute atomic E-state index is 5.89. The molecule has 3 fully saturated rings. The molecule has 2 saturated carbocycles. The van der Waals surface area contributed by atoms with Gasteiger partial charge in [-0.2, -0.15) is 0 Å². The van der Waals surface area contributed by atoms with Crippen LogP contribution in [0.3, 0.4) is 0 Å². The summed E-state index contributed by atoms with van der Waals surface area (Å²) in [6.45, 7) is 2.47. The first-order chi connectivity index (χ1) is 9.36. The summed E-state index contributed by atoms with van der Waals surface area (Å²) in [5, 5.41) is 1.20. The van der Waals surface area contributed by atoms with Crippen molar-refractivity contribution in [1.82, 2.24) is 4.98 Å². The Kier molecular flexibility index (Phi) is 3.01. The molecule has 0 aromatic carbocycles. The Morgan fingerprint density at radius 3 is 3.00 bits per heavy atom. The molecule has 5 heteroatoms. The van der Waals surface area contributed by atoms with Crippen LogP contribution in [0.1, 0.15) is 48.6 Å². The van der Waals surface area contributed by atoms with Gasteiger partial charge in [0.2, 0.25) is 0 Å². The van der Waals surface area contributed by atoms with Crippen molar-refractivity contribution in [2.75, 3.05) is 18.1 Å². The number of nitrogens with zero attached hydrogens (tertiary/aromatic N) is 2. The van der Waals surface area contributed by atoms with Crippen molar-refractivity contribution in [3.63, 3.8) is 0 Å². The molecule has 0 amide bonds. The van der Waals surface area contributed by atoms with Crippen LogP contribution in [0.5, 0.6) is 0 Å². The Bertz CT molecular complexity index is 471. The summed E-state index contributed by atoms with van der Waals surface area (Å²) in [7, 11) is 0. The largest absolute Gasteiger partial charge is 0.374 e. The molecule has 4 rings (SSSR count). The van der Waals surface area contributed by atoms with Crippen LogP contribution >= 0.6 is 11.3 Å². The van der Waals surface area contributed by atoms with Crippen molar-refractivity contribution in [2.24, 2.45) is 5.73 Å². The van der Waals surface area contributed by atoms with Crippen molar-refractivity contribution < 1.29 is 4.74 Å². The Morgan fingerprint density at radius 1 is 1.32 bits per heavy atom. The monoisotopic (exact) mass is 279 g/mol. The van der Waals surface area contributed by atoms with Crippen LogP contribution in [0.15, 0.2) is 0 Å². The maximum atomic E-state index is 5.89. The minimum atomic E-state index is 0.434. The second kappa shape index (κ2) is 4.72. The molecule has 4 nitrogen and oxygen atoms in total. The number of thiazole rings is 1. The van der Waals surface area contributed by atoms with E-state index in [2.05, 4.69) is 4.90 Å². The van der Waals surface area contributed by atoms with Gasteiger partial charge in [0.25, 0.3) is 0 Å². The van der Waals surface area contributed by atoms with Crippen LogP contribution in [0.4, 0.5) is 5.13 Å². The average molecular weight is 279 g/mol. The summed E-state index contributed by atoms with van der Waals surface area (Å²) < 4.78 is 5.89. The van der Waals surface area contributed by atoms with Gasteiger partial charge in [0, 0.05) is 23.9 Å². The number of anilines is 1. The first kappa shape index (κ1) is 12.1. The van der Waals surface area contributed by atoms with E-state index < -0.39 is 0 Å². The normalized spacial score (nSPS) is 30.7. The van der Waals surface area contributed by atoms with Crippen LogP contribution < -0.4 is 10.6 Å². The number of hydrogen-bond donors (Lipinski definition) is 1. The Balaban J connectivity index is 1.63. The van der Waals surface area contributed by atoms with Crippen molar-refractivity contribution in [2.45, 2.75) is 56.7 Å². The molecule has 104 valence electrons. The fourth-order valence-corrected chi connectivity index (χ4v) is 4.57. The molecule has 1 aromatic rings. The smallest absolute Gasteiger partial charge is 0.186 e. The van der Waals surface area contributed by atoms with Crippen LogP contribution in [0.2, 0.25) is 0 Å². The van der Waals surface area contributed by atoms with Gasteiger partial charge in [0.05, 0.1) is 24.4 Å². The molecular weight excluding hydrogens is 258 g/mol. The molecule has 0 spiro atoms. The minimum Gasteiger partial charge on any atom is -0.374 e. The van der Waals surface area contributed by atoms with Gasteiger partial charge in [-0.05, 0) is 32.1 Å². The standard InChI is InChI=1S/C14H21N3OS/c15-8-12-13(9-4-5-9)16-14(19-12)17-6-7-18-11-3-1-2-10(11)17/h9-11H,1-8,15H2. The lowest BCUT2D eigenvalue weighted by Gasteiger charge is -2.37. The quantitative estimate of drug-likeness (QED) is 0.922. The summed E-state index contributed by atoms with van der Waals surface area (Å²) in [5.74, 6) is 0.698. The predicted octanol–water partition coefficient (Wildman–Crippen LogP) is 2.24. The first-order valence-electron chi connectivity index (χ1n) is 7.44. The zero-order valence-electron chi connectivity index (χ0n) is 11.2. The van der Waals surface area contributed by atoms with Crippen molar-refractivity contribution in [3.05, 3.63) is 10.6 Å². The Hall–Kier alpha value is -0.650. The van der Waals surface area contributed by atoms with E-state index in [9.17, 15) is 0 Å². The van der Waals surface area contributed by atoms with E-state index in [0.29, 0.717) is 24.6 Å². The lowest BCUT2D eigenvalue weighted by atomic mass is 10.1. The zero-order valence-corrected chi connectivity index (χ0v) is 12.0. The van der Waals surface area contributed by atoms with Crippen molar-refractivity contribution in [1.29, 1.82) is 0 Å². The SMILES string of the molecule is NCc1sc(N2CCOC3CCCC32)nc1C1CC1. The van der Waals surface area contributed by atoms with Gasteiger partial charge in [-0.25, -0.2) is 4.98 Å². The number of fused-ring (bicyclic) bond motifs is 1. The first-order valence-corrected chi connectivity index (χ1v) is 8.26. The fraction of sp³-hybridized carbons (Fsp3) is 0.786. The third kappa shape index (κ3) is 2.08. The van der Waals surface area contributed by atoms with E-state index in [4.69, 9.17) is 15.5 Å². The van der Waals surface area contributed by atoms with Crippen LogP contribution in [0.25, 0.3) is 0 Å². The van der Waals surface area contributed by atoms with Gasteiger partial charge in [-0.1, -0.05) is 0 Å². The molecule has 2 atom stereocenters. The summed E-state index contributed by atoms with van der Waals surface area (Å²) >= 11 is 1.82. The van der Waals surface area contributed by atoms with Gasteiger partial charge in [-0.15, -0.1) is 11.3 Å². The highest BCUT2D eigenvalue weighted by Crippen LogP contribution is 2.45. The highest BCUT2D eigenvalue weighted by atomic mass is 32.1. The molecule has 1 aromatic heterocycles. The molecule has 2 unspecified atom stereocenters. The second-order valence-electron chi connectivity index (χ2n) is 5.88. The molecule has 2 heterocycles. The number of hydrogen-bond acceptors (Lipinski definition) is 5. The van der Waals surface area contributed by atoms with Gasteiger partial charge in [-0.3, -0.25) is 0 Å². The zero-order chi connectivity index (χ0) is 12.8. The van der Waals surface area contributed by atoms with Gasteiger partial charge in [0.1, 0.15) is 0 Å². The van der Waals surface area contributed by atoms with E-state index in [0.717, 1.165) is 13.2 Å². The molecule has 1 saturated heterocycles. The number of rotatable bonds is 3. The summed E-state index contributed by atoms with van der Waals surface area (Å²) in [5.41, 5.74) is 7.19. The number of aromatic nitrogens is 1. The molecular formula is C14H21N3OS. The van der Waals surface area contributed by atoms with E-state index in [1.807, 2.05) is 11.3 Å². The molecule has 3 aliphatic rings. The predicted molar refractivity (Wildman–Crippen MR) is 76.7 cm³/mol. The van der Waals surface area contributed by atoms with Crippen LogP contribution in [0, 0.1) is 0 Å². The number of ether oxygens (including phenoxy) is 1. The van der Waals surface area contributed by atoms with Gasteiger partial charge < -0.3 is 15.4 Å². The van der Waals surface area contributed by atoms with E-state index in [1.165, 1.54) is 47.8 Å². The number of morpholine rings is 1. The molecule has 0 bridgehead atoms. The van der Waals surface area contributed by atoms with Gasteiger partial charge >= 0.3 is 0 Å². The number of nitrogens with two attached hydrogens (primary N) is 1. The summed E-state index contributed by atoms with van der Waals surface area (Å²) in [6.07, 6.45) is 6.78. The van der Waals surface area contributed by atoms with E-state index in [-0.39, 0.29) is 0 Å². The minimum absolute atomic E-state index is 0.434. The lowest BCUT2D eigenvalue weighted by molar-refractivity contribution is 0.0256. The molecule has 2 N–H and O–H groups in total. The third-order valence-corrected chi connectivity index (χ3v) is 5.72. The molecule has 0 radical (unpaired) electrons. The lowest BCUT2D eigenvalue weighted by Crippen LogP contribution is -2.48. The molecule has 1 aliphatic heterocycles. The van der Waals surface area contributed by atoms with E-state index in [1.54, 1.807) is 0 Å². The Morgan fingerprint density at radius 2 is 2.21 bits per heavy atom. The highest BCUT2D eigenvalue weighted by molar-refractivity contribution is 7.15. The van der Waals surface area contributed by atoms with Crippen molar-refractivity contribution >= 4 is 16.5 Å². The maximum Gasteiger partial charge on any atom is 0.186 e. The van der Waals surface area contributed by atoms with Gasteiger partial charge in [0.15, 0.2) is 5.13 Å². The van der Waals surface area contributed by atoms with Crippen LogP contribution in [-0.4, -0.2) is 30.3 Å². The molecule has 19 heavy (non-hydrogen) atoms. The van der Waals surface area contributed by atoms with Crippen molar-refractivity contribution in [3.8, 4) is 0 Å². The summed E-state index contributed by atoms with van der Waals surface area (Å²) in [4.78, 5) is 8.74. The molecule has 2 aliphatic carbocycles. The Labute approximate surface area is 118 Å². The second-order valence-corrected chi connectivity index (χ2v) is 6.95.